The molecule has 2 fully saturated rings. The number of ether oxygens (including phenoxy) is 2. The Morgan fingerprint density at radius 2 is 1.96 bits per heavy atom. The van der Waals surface area contributed by atoms with E-state index in [4.69, 9.17) is 13.9 Å². The summed E-state index contributed by atoms with van der Waals surface area (Å²) in [6.45, 7) is 2.77. The third-order valence-electron chi connectivity index (χ3n) is 4.68. The van der Waals surface area contributed by atoms with Gasteiger partial charge in [0.15, 0.2) is 0 Å². The van der Waals surface area contributed by atoms with Gasteiger partial charge in [0.05, 0.1) is 20.3 Å². The van der Waals surface area contributed by atoms with Gasteiger partial charge >= 0.3 is 0 Å². The lowest BCUT2D eigenvalue weighted by molar-refractivity contribution is 0.120. The number of rotatable bonds is 4. The molecule has 2 aromatic rings. The summed E-state index contributed by atoms with van der Waals surface area (Å²) in [4.78, 5) is 6.49. The van der Waals surface area contributed by atoms with Gasteiger partial charge in [0.2, 0.25) is 17.5 Å². The molecule has 2 heterocycles. The summed E-state index contributed by atoms with van der Waals surface area (Å²) in [6, 6.07) is 10.3. The zero-order valence-corrected chi connectivity index (χ0v) is 13.6. The van der Waals surface area contributed by atoms with Crippen molar-refractivity contribution in [3.05, 3.63) is 41.4 Å². The van der Waals surface area contributed by atoms with Gasteiger partial charge in [0, 0.05) is 19.0 Å². The Bertz CT molecular complexity index is 757. The first-order chi connectivity index (χ1) is 11.8. The summed E-state index contributed by atoms with van der Waals surface area (Å²) < 4.78 is 16.5. The van der Waals surface area contributed by atoms with Crippen molar-refractivity contribution in [2.45, 2.75) is 18.3 Å². The molecule has 0 N–H and O–H groups in total. The molecule has 4 rings (SSSR count). The summed E-state index contributed by atoms with van der Waals surface area (Å²) in [7, 11) is 1.66. The topological polar surface area (TPSA) is 71.5 Å². The minimum Gasteiger partial charge on any atom is -0.497 e. The molecule has 2 aliphatic rings. The molecule has 6 heteroatoms. The van der Waals surface area contributed by atoms with Crippen LogP contribution >= 0.6 is 0 Å². The van der Waals surface area contributed by atoms with E-state index in [9.17, 15) is 5.26 Å². The molecular weight excluding hydrogens is 306 g/mol. The minimum absolute atomic E-state index is 0.250. The second kappa shape index (κ2) is 6.17. The van der Waals surface area contributed by atoms with Crippen LogP contribution in [0.4, 0.5) is 5.88 Å². The van der Waals surface area contributed by atoms with Crippen molar-refractivity contribution in [3.63, 3.8) is 0 Å². The molecule has 0 radical (unpaired) electrons. The number of methoxy groups -OCH3 is 1. The van der Waals surface area contributed by atoms with E-state index >= 15 is 0 Å². The predicted molar refractivity (Wildman–Crippen MR) is 87.3 cm³/mol. The smallest absolute Gasteiger partial charge is 0.234 e. The van der Waals surface area contributed by atoms with Crippen molar-refractivity contribution in [1.29, 1.82) is 5.26 Å². The molecule has 1 aromatic heterocycles. The fourth-order valence-electron chi connectivity index (χ4n) is 3.23. The molecule has 0 bridgehead atoms. The first kappa shape index (κ1) is 15.0. The number of oxazole rings is 1. The highest BCUT2D eigenvalue weighted by Crippen LogP contribution is 2.55. The molecule has 2 unspecified atom stereocenters. The lowest BCUT2D eigenvalue weighted by atomic mass is 10.1. The van der Waals surface area contributed by atoms with Crippen LogP contribution in [-0.2, 0) is 4.74 Å². The maximum absolute atomic E-state index is 9.36. The van der Waals surface area contributed by atoms with Crippen molar-refractivity contribution in [2.24, 2.45) is 0 Å². The largest absolute Gasteiger partial charge is 0.497 e. The molecule has 6 nitrogen and oxygen atoms in total. The van der Waals surface area contributed by atoms with Crippen LogP contribution in [0.15, 0.2) is 28.7 Å². The molecule has 0 amide bonds. The van der Waals surface area contributed by atoms with Gasteiger partial charge < -0.3 is 18.8 Å². The van der Waals surface area contributed by atoms with Gasteiger partial charge in [-0.15, -0.1) is 0 Å². The van der Waals surface area contributed by atoms with Gasteiger partial charge in [-0.3, -0.25) is 0 Å². The minimum atomic E-state index is 0.250. The van der Waals surface area contributed by atoms with Crippen LogP contribution in [0.3, 0.4) is 0 Å². The average molecular weight is 325 g/mol. The first-order valence-electron chi connectivity index (χ1n) is 8.17. The molecule has 0 spiro atoms. The Balaban J connectivity index is 1.53. The van der Waals surface area contributed by atoms with Gasteiger partial charge in [0.25, 0.3) is 0 Å². The summed E-state index contributed by atoms with van der Waals surface area (Å²) in [5.41, 5.74) is 1.64. The van der Waals surface area contributed by atoms with Crippen LogP contribution in [0.1, 0.15) is 35.4 Å². The highest BCUT2D eigenvalue weighted by Gasteiger charge is 2.44. The van der Waals surface area contributed by atoms with Crippen LogP contribution in [0, 0.1) is 11.3 Å². The number of aromatic nitrogens is 1. The summed E-state index contributed by atoms with van der Waals surface area (Å²) in [5, 5.41) is 9.36. The van der Waals surface area contributed by atoms with E-state index in [1.807, 2.05) is 17.0 Å². The van der Waals surface area contributed by atoms with Crippen molar-refractivity contribution >= 4 is 5.88 Å². The van der Waals surface area contributed by atoms with Crippen molar-refractivity contribution in [2.75, 3.05) is 38.3 Å². The standard InChI is InChI=1S/C18H19N3O3/c1-22-13-4-2-12(3-5-13)14-10-15(14)17-20-16(11-19)18(24-17)21-6-8-23-9-7-21/h2-5,14-15H,6-10H2,1H3. The van der Waals surface area contributed by atoms with Crippen molar-refractivity contribution < 1.29 is 13.9 Å². The first-order valence-corrected chi connectivity index (χ1v) is 8.17. The third kappa shape index (κ3) is 2.72. The van der Waals surface area contributed by atoms with Crippen LogP contribution in [0.2, 0.25) is 0 Å². The van der Waals surface area contributed by atoms with Crippen LogP contribution < -0.4 is 9.64 Å². The Labute approximate surface area is 140 Å². The molecule has 1 aromatic carbocycles. The van der Waals surface area contributed by atoms with Gasteiger partial charge in [-0.1, -0.05) is 12.1 Å². The fourth-order valence-corrected chi connectivity index (χ4v) is 3.23. The van der Waals surface area contributed by atoms with Gasteiger partial charge in [-0.05, 0) is 30.0 Å². The molecule has 1 saturated carbocycles. The fraction of sp³-hybridized carbons (Fsp3) is 0.444. The highest BCUT2D eigenvalue weighted by molar-refractivity contribution is 5.49. The maximum Gasteiger partial charge on any atom is 0.234 e. The van der Waals surface area contributed by atoms with Gasteiger partial charge in [-0.25, -0.2) is 4.98 Å². The Hall–Kier alpha value is -2.52. The van der Waals surface area contributed by atoms with E-state index < -0.39 is 0 Å². The molecule has 24 heavy (non-hydrogen) atoms. The zero-order valence-electron chi connectivity index (χ0n) is 13.6. The number of hydrogen-bond acceptors (Lipinski definition) is 6. The summed E-state index contributed by atoms with van der Waals surface area (Å²) in [5.74, 6) is 2.78. The SMILES string of the molecule is COc1ccc(C2CC2c2nc(C#N)c(N3CCOCC3)o2)cc1. The van der Waals surface area contributed by atoms with Gasteiger partial charge in [0.1, 0.15) is 11.8 Å². The lowest BCUT2D eigenvalue weighted by Crippen LogP contribution is -2.36. The number of morpholine rings is 1. The van der Waals surface area contributed by atoms with Crippen LogP contribution in [0.5, 0.6) is 5.75 Å². The van der Waals surface area contributed by atoms with Crippen molar-refractivity contribution in [3.8, 4) is 11.8 Å². The molecule has 2 atom stereocenters. The summed E-state index contributed by atoms with van der Waals surface area (Å²) >= 11 is 0. The lowest BCUT2D eigenvalue weighted by Gasteiger charge is -2.26. The monoisotopic (exact) mass is 325 g/mol. The highest BCUT2D eigenvalue weighted by atomic mass is 16.5. The van der Waals surface area contributed by atoms with E-state index in [1.54, 1.807) is 7.11 Å². The predicted octanol–water partition coefficient (Wildman–Crippen LogP) is 2.66. The number of nitrogens with zero attached hydrogens (tertiary/aromatic N) is 3. The van der Waals surface area contributed by atoms with Crippen LogP contribution in [0.25, 0.3) is 0 Å². The Morgan fingerprint density at radius 1 is 1.21 bits per heavy atom. The molecular formula is C18H19N3O3. The van der Waals surface area contributed by atoms with Crippen LogP contribution in [-0.4, -0.2) is 38.4 Å². The Kier molecular flexibility index (Phi) is 3.87. The average Bonchev–Trinajstić information content (AvgIpc) is 3.33. The van der Waals surface area contributed by atoms with E-state index in [1.165, 1.54) is 5.56 Å². The molecule has 1 saturated heterocycles. The second-order valence-electron chi connectivity index (χ2n) is 6.14. The van der Waals surface area contributed by atoms with Gasteiger partial charge in [-0.2, -0.15) is 5.26 Å². The number of benzene rings is 1. The van der Waals surface area contributed by atoms with E-state index in [2.05, 4.69) is 23.2 Å². The van der Waals surface area contributed by atoms with E-state index in [0.29, 0.717) is 36.6 Å². The second-order valence-corrected chi connectivity index (χ2v) is 6.14. The van der Waals surface area contributed by atoms with E-state index in [-0.39, 0.29) is 5.92 Å². The number of anilines is 1. The Morgan fingerprint density at radius 3 is 2.62 bits per heavy atom. The number of nitriles is 1. The normalized spacial score (nSPS) is 22.9. The molecule has 1 aliphatic carbocycles. The number of hydrogen-bond donors (Lipinski definition) is 0. The van der Waals surface area contributed by atoms with E-state index in [0.717, 1.165) is 25.3 Å². The third-order valence-corrected chi connectivity index (χ3v) is 4.68. The quantitative estimate of drug-likeness (QED) is 0.860. The zero-order chi connectivity index (χ0) is 16.5. The van der Waals surface area contributed by atoms with Crippen molar-refractivity contribution in [1.82, 2.24) is 4.98 Å². The molecule has 124 valence electrons. The molecule has 1 aliphatic heterocycles. The maximum atomic E-state index is 9.36. The summed E-state index contributed by atoms with van der Waals surface area (Å²) in [6.07, 6.45) is 1.00.